The van der Waals surface area contributed by atoms with Gasteiger partial charge in [0.05, 0.1) is 5.69 Å². The first-order chi connectivity index (χ1) is 12.1. The van der Waals surface area contributed by atoms with Gasteiger partial charge in [-0.3, -0.25) is 14.5 Å². The van der Waals surface area contributed by atoms with Crippen LogP contribution in [0.2, 0.25) is 0 Å². The molecule has 0 spiro atoms. The summed E-state index contributed by atoms with van der Waals surface area (Å²) in [5.74, 6) is -0.858. The van der Waals surface area contributed by atoms with E-state index < -0.39 is 16.6 Å². The molecule has 1 heterocycles. The van der Waals surface area contributed by atoms with Crippen molar-refractivity contribution in [3.8, 4) is 0 Å². The molecule has 3 nitrogen and oxygen atoms in total. The molecule has 0 fully saturated rings. The highest BCUT2D eigenvalue weighted by Gasteiger charge is 2.53. The molecule has 4 rings (SSSR count). The van der Waals surface area contributed by atoms with Gasteiger partial charge >= 0.3 is 0 Å². The third kappa shape index (κ3) is 2.28. The molecular weight excluding hydrogens is 334 g/mol. The number of rotatable bonds is 2. The van der Waals surface area contributed by atoms with Crippen LogP contribution in [0.5, 0.6) is 0 Å². The van der Waals surface area contributed by atoms with Crippen molar-refractivity contribution in [3.63, 3.8) is 0 Å². The van der Waals surface area contributed by atoms with E-state index in [0.29, 0.717) is 22.5 Å². The molecule has 0 saturated heterocycles. The van der Waals surface area contributed by atoms with Crippen molar-refractivity contribution in [1.82, 2.24) is 0 Å². The van der Waals surface area contributed by atoms with Crippen LogP contribution in [0.25, 0.3) is 0 Å². The summed E-state index contributed by atoms with van der Waals surface area (Å²) >= 11 is 6.73. The Kier molecular flexibility index (Phi) is 3.66. The maximum atomic E-state index is 13.4. The Hall–Kier alpha value is -2.91. The largest absolute Gasteiger partial charge is 0.291 e. The summed E-state index contributed by atoms with van der Waals surface area (Å²) in [5.41, 5.74) is 2.14. The fourth-order valence-electron chi connectivity index (χ4n) is 3.16. The molecule has 1 aliphatic rings. The molecular formula is C21H14ClNO2. The highest BCUT2D eigenvalue weighted by atomic mass is 35.5. The fourth-order valence-corrected chi connectivity index (χ4v) is 3.47. The quantitative estimate of drug-likeness (QED) is 0.498. The highest BCUT2D eigenvalue weighted by Crippen LogP contribution is 2.45. The van der Waals surface area contributed by atoms with Gasteiger partial charge in [0, 0.05) is 11.3 Å². The lowest BCUT2D eigenvalue weighted by molar-refractivity contribution is -0.119. The Balaban J connectivity index is 1.99. The molecule has 1 amide bonds. The second kappa shape index (κ2) is 5.87. The summed E-state index contributed by atoms with van der Waals surface area (Å²) in [5, 5.41) is 0. The van der Waals surface area contributed by atoms with Gasteiger partial charge in [-0.15, -0.1) is 0 Å². The zero-order valence-electron chi connectivity index (χ0n) is 13.2. The first kappa shape index (κ1) is 15.6. The van der Waals surface area contributed by atoms with E-state index in [1.165, 1.54) is 4.90 Å². The number of hydrogen-bond acceptors (Lipinski definition) is 2. The number of ketones is 1. The lowest BCUT2D eigenvalue weighted by Gasteiger charge is -2.38. The minimum Gasteiger partial charge on any atom is -0.291 e. The van der Waals surface area contributed by atoms with Crippen LogP contribution in [0.1, 0.15) is 15.9 Å². The van der Waals surface area contributed by atoms with Crippen molar-refractivity contribution in [2.45, 2.75) is 4.87 Å². The molecule has 25 heavy (non-hydrogen) atoms. The number of Topliss-reactive ketones (excluding diaryl/α,β-unsaturated/α-hetero) is 1. The summed E-state index contributed by atoms with van der Waals surface area (Å²) in [6.07, 6.45) is 0. The van der Waals surface area contributed by atoms with Crippen LogP contribution in [-0.4, -0.2) is 11.7 Å². The Morgan fingerprint density at radius 1 is 0.720 bits per heavy atom. The van der Waals surface area contributed by atoms with Crippen molar-refractivity contribution in [2.75, 3.05) is 4.90 Å². The van der Waals surface area contributed by atoms with Crippen LogP contribution in [0.3, 0.4) is 0 Å². The van der Waals surface area contributed by atoms with Crippen molar-refractivity contribution >= 4 is 34.7 Å². The number of carbonyl (C=O) groups excluding carboxylic acids is 2. The van der Waals surface area contributed by atoms with Crippen molar-refractivity contribution in [3.05, 3.63) is 96.1 Å². The molecule has 0 unspecified atom stereocenters. The van der Waals surface area contributed by atoms with Crippen LogP contribution in [0.15, 0.2) is 84.9 Å². The monoisotopic (exact) mass is 347 g/mol. The molecule has 0 aromatic heterocycles. The van der Waals surface area contributed by atoms with Gasteiger partial charge in [0.25, 0.3) is 5.91 Å². The molecule has 0 aliphatic carbocycles. The predicted octanol–water partition coefficient (Wildman–Crippen LogP) is 4.68. The number of benzene rings is 3. The van der Waals surface area contributed by atoms with Crippen molar-refractivity contribution in [2.24, 2.45) is 0 Å². The van der Waals surface area contributed by atoms with E-state index in [4.69, 9.17) is 11.6 Å². The van der Waals surface area contributed by atoms with Gasteiger partial charge in [0.1, 0.15) is 0 Å². The topological polar surface area (TPSA) is 37.4 Å². The summed E-state index contributed by atoms with van der Waals surface area (Å²) in [6.45, 7) is 0. The van der Waals surface area contributed by atoms with Gasteiger partial charge in [0.2, 0.25) is 4.87 Å². The lowest BCUT2D eigenvalue weighted by Crippen LogP contribution is -2.51. The zero-order chi connectivity index (χ0) is 17.4. The van der Waals surface area contributed by atoms with E-state index in [1.54, 1.807) is 48.5 Å². The van der Waals surface area contributed by atoms with Crippen molar-refractivity contribution < 1.29 is 9.59 Å². The standard InChI is InChI=1S/C21H14ClNO2/c22-21(15-9-3-1-4-10-15)19(24)17-13-7-8-14-18(17)23(20(21)25)16-11-5-2-6-12-16/h1-14H/t21-/m1/s1. The second-order valence-corrected chi connectivity index (χ2v) is 6.41. The van der Waals surface area contributed by atoms with Gasteiger partial charge < -0.3 is 0 Å². The summed E-state index contributed by atoms with van der Waals surface area (Å²) in [6, 6.07) is 25.1. The Morgan fingerprint density at radius 2 is 1.28 bits per heavy atom. The fraction of sp³-hybridized carbons (Fsp3) is 0.0476. The summed E-state index contributed by atoms with van der Waals surface area (Å²) in [4.78, 5) is 26.3. The van der Waals surface area contributed by atoms with Gasteiger partial charge in [-0.05, 0) is 29.8 Å². The molecule has 0 saturated carbocycles. The maximum Gasteiger partial charge on any atom is 0.265 e. The lowest BCUT2D eigenvalue weighted by atomic mass is 9.84. The van der Waals surface area contributed by atoms with Crippen LogP contribution < -0.4 is 4.90 Å². The van der Waals surface area contributed by atoms with E-state index in [0.717, 1.165) is 0 Å². The van der Waals surface area contributed by atoms with Gasteiger partial charge in [-0.1, -0.05) is 72.3 Å². The average molecular weight is 348 g/mol. The number of anilines is 2. The zero-order valence-corrected chi connectivity index (χ0v) is 14.0. The molecule has 3 aromatic rings. The minimum atomic E-state index is -1.77. The van der Waals surface area contributed by atoms with E-state index in [9.17, 15) is 9.59 Å². The second-order valence-electron chi connectivity index (χ2n) is 5.85. The van der Waals surface area contributed by atoms with E-state index in [-0.39, 0.29) is 0 Å². The number of amides is 1. The first-order valence-electron chi connectivity index (χ1n) is 7.92. The molecule has 0 bridgehead atoms. The van der Waals surface area contributed by atoms with Crippen LogP contribution in [-0.2, 0) is 9.67 Å². The molecule has 1 atom stereocenters. The van der Waals surface area contributed by atoms with E-state index in [1.807, 2.05) is 36.4 Å². The Bertz CT molecular complexity index is 956. The van der Waals surface area contributed by atoms with Crippen LogP contribution in [0.4, 0.5) is 11.4 Å². The molecule has 4 heteroatoms. The third-order valence-corrected chi connectivity index (χ3v) is 4.94. The normalized spacial score (nSPS) is 19.6. The maximum absolute atomic E-state index is 13.4. The number of nitrogens with zero attached hydrogens (tertiary/aromatic N) is 1. The smallest absolute Gasteiger partial charge is 0.265 e. The summed E-state index contributed by atoms with van der Waals surface area (Å²) in [7, 11) is 0. The third-order valence-electron chi connectivity index (χ3n) is 4.39. The van der Waals surface area contributed by atoms with Crippen molar-refractivity contribution in [1.29, 1.82) is 0 Å². The number of fused-ring (bicyclic) bond motifs is 1. The highest BCUT2D eigenvalue weighted by molar-refractivity contribution is 6.52. The number of halogens is 1. The molecule has 0 N–H and O–H groups in total. The van der Waals surface area contributed by atoms with Gasteiger partial charge in [0.15, 0.2) is 5.78 Å². The Labute approximate surface area is 150 Å². The molecule has 3 aromatic carbocycles. The summed E-state index contributed by atoms with van der Waals surface area (Å²) < 4.78 is 0. The van der Waals surface area contributed by atoms with Crippen LogP contribution >= 0.6 is 11.6 Å². The number of para-hydroxylation sites is 2. The van der Waals surface area contributed by atoms with Crippen LogP contribution in [0, 0.1) is 0 Å². The number of hydrogen-bond donors (Lipinski definition) is 0. The van der Waals surface area contributed by atoms with E-state index in [2.05, 4.69) is 0 Å². The SMILES string of the molecule is O=C1c2ccccc2N(c2ccccc2)C(=O)[C@@]1(Cl)c1ccccc1. The predicted molar refractivity (Wildman–Crippen MR) is 98.3 cm³/mol. The number of alkyl halides is 1. The minimum absolute atomic E-state index is 0.395. The molecule has 0 radical (unpaired) electrons. The average Bonchev–Trinajstić information content (AvgIpc) is 2.68. The molecule has 122 valence electrons. The number of carbonyl (C=O) groups is 2. The van der Waals surface area contributed by atoms with E-state index >= 15 is 0 Å². The Morgan fingerprint density at radius 3 is 1.96 bits per heavy atom. The van der Waals surface area contributed by atoms with Gasteiger partial charge in [-0.25, -0.2) is 0 Å². The molecule has 1 aliphatic heterocycles. The van der Waals surface area contributed by atoms with Gasteiger partial charge in [-0.2, -0.15) is 0 Å². The first-order valence-corrected chi connectivity index (χ1v) is 8.29.